The number of hydrogen-bond acceptors (Lipinski definition) is 7. The Morgan fingerprint density at radius 3 is 2.38 bits per heavy atom. The number of nitrogens with zero attached hydrogens (tertiary/aromatic N) is 2. The van der Waals surface area contributed by atoms with E-state index in [2.05, 4.69) is 63.8 Å². The number of carbonyl (C=O) groups is 2. The summed E-state index contributed by atoms with van der Waals surface area (Å²) in [5.41, 5.74) is 5.18. The monoisotopic (exact) mass is 571 g/mol. The van der Waals surface area contributed by atoms with Crippen LogP contribution in [-0.4, -0.2) is 51.6 Å². The van der Waals surface area contributed by atoms with Crippen molar-refractivity contribution in [2.24, 2.45) is 10.8 Å². The molecular formula is C32H41N7O3. The normalized spacial score (nSPS) is 12.6. The number of H-pyrrole nitrogens is 1. The number of aromatic amines is 1. The number of hydrogen-bond donors (Lipinski definition) is 6. The third kappa shape index (κ3) is 7.71. The number of aromatic nitrogens is 3. The zero-order valence-electron chi connectivity index (χ0n) is 24.9. The van der Waals surface area contributed by atoms with Gasteiger partial charge in [0.1, 0.15) is 17.8 Å². The first kappa shape index (κ1) is 30.7. The lowest BCUT2D eigenvalue weighted by atomic mass is 9.74. The van der Waals surface area contributed by atoms with Crippen molar-refractivity contribution in [2.75, 3.05) is 25.0 Å². The molecule has 0 aliphatic carbocycles. The van der Waals surface area contributed by atoms with Gasteiger partial charge in [0.05, 0.1) is 5.39 Å². The third-order valence-corrected chi connectivity index (χ3v) is 7.36. The van der Waals surface area contributed by atoms with Crippen LogP contribution < -0.4 is 21.4 Å². The van der Waals surface area contributed by atoms with Crippen molar-refractivity contribution in [1.29, 1.82) is 0 Å². The van der Waals surface area contributed by atoms with Gasteiger partial charge in [-0.05, 0) is 48.1 Å². The summed E-state index contributed by atoms with van der Waals surface area (Å²) in [6, 6.07) is 19.8. The van der Waals surface area contributed by atoms with Crippen LogP contribution >= 0.6 is 0 Å². The minimum absolute atomic E-state index is 0.0781. The van der Waals surface area contributed by atoms with Gasteiger partial charge in [0.25, 0.3) is 5.91 Å². The number of rotatable bonds is 13. The Labute approximate surface area is 246 Å². The summed E-state index contributed by atoms with van der Waals surface area (Å²) in [7, 11) is 0. The average Bonchev–Trinajstić information content (AvgIpc) is 3.42. The molecule has 4 aromatic rings. The molecule has 10 heteroatoms. The van der Waals surface area contributed by atoms with Gasteiger partial charge in [0.15, 0.2) is 0 Å². The molecule has 0 spiro atoms. The molecule has 0 saturated carbocycles. The highest BCUT2D eigenvalue weighted by Gasteiger charge is 2.34. The summed E-state index contributed by atoms with van der Waals surface area (Å²) in [5, 5.41) is 19.7. The predicted octanol–water partition coefficient (Wildman–Crippen LogP) is 5.07. The van der Waals surface area contributed by atoms with Crippen molar-refractivity contribution in [3.05, 3.63) is 78.1 Å². The maximum absolute atomic E-state index is 12.7. The van der Waals surface area contributed by atoms with Crippen LogP contribution in [0.3, 0.4) is 0 Å². The quantitative estimate of drug-likeness (QED) is 0.0747. The van der Waals surface area contributed by atoms with Crippen LogP contribution in [0.5, 0.6) is 0 Å². The minimum atomic E-state index is -0.694. The molecule has 2 aromatic carbocycles. The number of carbonyl (C=O) groups excluding carboxylic acids is 2. The van der Waals surface area contributed by atoms with Crippen molar-refractivity contribution in [1.82, 2.24) is 31.1 Å². The summed E-state index contributed by atoms with van der Waals surface area (Å²) >= 11 is 0. The Kier molecular flexibility index (Phi) is 9.59. The third-order valence-electron chi connectivity index (χ3n) is 7.36. The van der Waals surface area contributed by atoms with Crippen LogP contribution in [0.1, 0.15) is 63.0 Å². The van der Waals surface area contributed by atoms with Crippen molar-refractivity contribution in [3.63, 3.8) is 0 Å². The van der Waals surface area contributed by atoms with Crippen LogP contribution in [0.2, 0.25) is 0 Å². The fourth-order valence-corrected chi connectivity index (χ4v) is 5.33. The molecule has 42 heavy (non-hydrogen) atoms. The van der Waals surface area contributed by atoms with E-state index in [0.717, 1.165) is 28.1 Å². The maximum Gasteiger partial charge on any atom is 0.251 e. The summed E-state index contributed by atoms with van der Waals surface area (Å²) in [4.78, 5) is 36.8. The number of amides is 2. The Morgan fingerprint density at radius 1 is 0.976 bits per heavy atom. The molecule has 2 aromatic heterocycles. The summed E-state index contributed by atoms with van der Waals surface area (Å²) < 4.78 is 0. The standard InChI is InChI=1S/C32H41N7O3/c1-21(22-9-7-6-8-10-22)37-27-25-17-26(38-28(25)36-20-35-27)23-11-13-24(14-12-23)29(40)34-16-15-33-19-31(2,3)18-32(4,5)30(41)39-42/h6-14,17,20-21,33,42H,15-16,18-19H2,1-5H3,(H,34,40)(H,39,41)(H2,35,36,37,38)/t21-/m1/s1. The Morgan fingerprint density at radius 2 is 1.69 bits per heavy atom. The van der Waals surface area contributed by atoms with Gasteiger partial charge in [-0.2, -0.15) is 0 Å². The molecule has 0 saturated heterocycles. The van der Waals surface area contributed by atoms with E-state index >= 15 is 0 Å². The second-order valence-corrected chi connectivity index (χ2v) is 12.1. The van der Waals surface area contributed by atoms with E-state index in [1.54, 1.807) is 25.7 Å². The summed E-state index contributed by atoms with van der Waals surface area (Å²) in [5.74, 6) is 0.209. The molecule has 0 bridgehead atoms. The lowest BCUT2D eigenvalue weighted by molar-refractivity contribution is -0.139. The Hall–Kier alpha value is -4.28. The molecule has 2 heterocycles. The largest absolute Gasteiger partial charge is 0.363 e. The van der Waals surface area contributed by atoms with E-state index in [1.165, 1.54) is 5.56 Å². The van der Waals surface area contributed by atoms with Gasteiger partial charge < -0.3 is 20.9 Å². The number of nitrogens with one attached hydrogen (secondary N) is 5. The molecule has 0 radical (unpaired) electrons. The van der Waals surface area contributed by atoms with Gasteiger partial charge in [0.2, 0.25) is 5.91 Å². The number of benzene rings is 2. The van der Waals surface area contributed by atoms with Crippen molar-refractivity contribution < 1.29 is 14.8 Å². The summed E-state index contributed by atoms with van der Waals surface area (Å²) in [6.45, 7) is 11.6. The second-order valence-electron chi connectivity index (χ2n) is 12.1. The molecule has 0 unspecified atom stereocenters. The first-order chi connectivity index (χ1) is 20.0. The predicted molar refractivity (Wildman–Crippen MR) is 165 cm³/mol. The van der Waals surface area contributed by atoms with Crippen molar-refractivity contribution >= 4 is 28.7 Å². The van der Waals surface area contributed by atoms with Gasteiger partial charge in [-0.15, -0.1) is 0 Å². The zero-order chi connectivity index (χ0) is 30.3. The average molecular weight is 572 g/mol. The highest BCUT2D eigenvalue weighted by Crippen LogP contribution is 2.33. The number of hydroxylamine groups is 1. The fourth-order valence-electron chi connectivity index (χ4n) is 5.33. The van der Waals surface area contributed by atoms with Gasteiger partial charge in [0, 0.05) is 42.3 Å². The number of fused-ring (bicyclic) bond motifs is 1. The smallest absolute Gasteiger partial charge is 0.251 e. The van der Waals surface area contributed by atoms with Crippen LogP contribution in [0, 0.1) is 10.8 Å². The van der Waals surface area contributed by atoms with Gasteiger partial charge in [-0.3, -0.25) is 14.8 Å². The fraction of sp³-hybridized carbons (Fsp3) is 0.375. The zero-order valence-corrected chi connectivity index (χ0v) is 24.9. The SMILES string of the molecule is C[C@@H](Nc1ncnc2[nH]c(-c3ccc(C(=O)NCCNCC(C)(C)CC(C)(C)C(=O)NO)cc3)cc12)c1ccccc1. The van der Waals surface area contributed by atoms with E-state index in [9.17, 15) is 9.59 Å². The first-order valence-corrected chi connectivity index (χ1v) is 14.2. The highest BCUT2D eigenvalue weighted by atomic mass is 16.5. The van der Waals surface area contributed by atoms with E-state index < -0.39 is 11.3 Å². The molecule has 222 valence electrons. The van der Waals surface area contributed by atoms with E-state index in [0.29, 0.717) is 31.6 Å². The lowest BCUT2D eigenvalue weighted by Crippen LogP contribution is -2.42. The molecule has 0 fully saturated rings. The topological polar surface area (TPSA) is 144 Å². The second kappa shape index (κ2) is 13.1. The van der Waals surface area contributed by atoms with Crippen molar-refractivity contribution in [3.8, 4) is 11.3 Å². The highest BCUT2D eigenvalue weighted by molar-refractivity contribution is 5.95. The molecule has 10 nitrogen and oxygen atoms in total. The van der Waals surface area contributed by atoms with Gasteiger partial charge in [-0.1, -0.05) is 70.2 Å². The van der Waals surface area contributed by atoms with Crippen LogP contribution in [0.25, 0.3) is 22.3 Å². The molecular weight excluding hydrogens is 530 g/mol. The van der Waals surface area contributed by atoms with E-state index in [4.69, 9.17) is 5.21 Å². The van der Waals surface area contributed by atoms with Crippen LogP contribution in [0.15, 0.2) is 67.0 Å². The van der Waals surface area contributed by atoms with Crippen LogP contribution in [0.4, 0.5) is 5.82 Å². The molecule has 4 rings (SSSR count). The van der Waals surface area contributed by atoms with Gasteiger partial charge in [-0.25, -0.2) is 15.4 Å². The lowest BCUT2D eigenvalue weighted by Gasteiger charge is -2.33. The maximum atomic E-state index is 12.7. The molecule has 2 amide bonds. The van der Waals surface area contributed by atoms with E-state index in [-0.39, 0.29) is 17.4 Å². The minimum Gasteiger partial charge on any atom is -0.363 e. The van der Waals surface area contributed by atoms with Gasteiger partial charge >= 0.3 is 0 Å². The molecule has 0 aliphatic rings. The molecule has 1 atom stereocenters. The first-order valence-electron chi connectivity index (χ1n) is 14.2. The van der Waals surface area contributed by atoms with E-state index in [1.807, 2.05) is 48.5 Å². The molecule has 0 aliphatic heterocycles. The Balaban J connectivity index is 1.30. The number of anilines is 1. The van der Waals surface area contributed by atoms with Crippen molar-refractivity contribution in [2.45, 2.75) is 47.1 Å². The van der Waals surface area contributed by atoms with Crippen LogP contribution in [-0.2, 0) is 4.79 Å². The summed E-state index contributed by atoms with van der Waals surface area (Å²) in [6.07, 6.45) is 2.13. The Bertz CT molecular complexity index is 1500. The molecule has 6 N–H and O–H groups in total.